The van der Waals surface area contributed by atoms with Crippen molar-refractivity contribution in [3.63, 3.8) is 0 Å². The molecule has 3 nitrogen and oxygen atoms in total. The van der Waals surface area contributed by atoms with Crippen LogP contribution in [0.1, 0.15) is 4.88 Å². The van der Waals surface area contributed by atoms with Gasteiger partial charge in [-0.2, -0.15) is 13.2 Å². The normalized spacial score (nSPS) is 11.9. The van der Waals surface area contributed by atoms with Gasteiger partial charge >= 0.3 is 6.18 Å². The lowest BCUT2D eigenvalue weighted by atomic mass is 10.1. The van der Waals surface area contributed by atoms with Crippen LogP contribution in [0.3, 0.4) is 0 Å². The number of aromatic nitrogens is 2. The number of fused-ring (bicyclic) bond motifs is 1. The number of benzene rings is 1. The molecule has 22 heavy (non-hydrogen) atoms. The van der Waals surface area contributed by atoms with Gasteiger partial charge in [-0.1, -0.05) is 11.6 Å². The van der Waals surface area contributed by atoms with Crippen LogP contribution < -0.4 is 4.74 Å². The summed E-state index contributed by atoms with van der Waals surface area (Å²) >= 11 is 6.33. The molecule has 0 atom stereocenters. The van der Waals surface area contributed by atoms with Crippen LogP contribution >= 0.6 is 22.9 Å². The molecule has 0 aliphatic carbocycles. The molecule has 2 heterocycles. The molecule has 0 spiro atoms. The molecule has 2 aromatic heterocycles. The van der Waals surface area contributed by atoms with Gasteiger partial charge in [0.1, 0.15) is 10.6 Å². The molecule has 3 rings (SSSR count). The lowest BCUT2D eigenvalue weighted by Crippen LogP contribution is -2.00. The molecule has 0 aliphatic rings. The van der Waals surface area contributed by atoms with Gasteiger partial charge in [-0.05, 0) is 30.3 Å². The fraction of sp³-hybridized carbons (Fsp3) is 0.143. The number of hydrogen-bond acceptors (Lipinski definition) is 4. The summed E-state index contributed by atoms with van der Waals surface area (Å²) in [6.07, 6.45) is -4.41. The van der Waals surface area contributed by atoms with E-state index in [-0.39, 0.29) is 5.15 Å². The van der Waals surface area contributed by atoms with E-state index < -0.39 is 11.1 Å². The number of nitrogens with zero attached hydrogens (tertiary/aromatic N) is 2. The maximum atomic E-state index is 13.0. The van der Waals surface area contributed by atoms with Gasteiger partial charge in [-0.15, -0.1) is 21.5 Å². The van der Waals surface area contributed by atoms with Crippen molar-refractivity contribution in [1.29, 1.82) is 0 Å². The Balaban J connectivity index is 2.27. The largest absolute Gasteiger partial charge is 0.495 e. The number of alkyl halides is 3. The molecule has 0 saturated heterocycles. The van der Waals surface area contributed by atoms with Gasteiger partial charge in [0.25, 0.3) is 0 Å². The zero-order valence-corrected chi connectivity index (χ0v) is 12.7. The molecule has 0 N–H and O–H groups in total. The van der Waals surface area contributed by atoms with Crippen LogP contribution in [-0.4, -0.2) is 17.3 Å². The summed E-state index contributed by atoms with van der Waals surface area (Å²) in [6, 6.07) is 7.53. The van der Waals surface area contributed by atoms with Gasteiger partial charge in [0.05, 0.1) is 17.5 Å². The van der Waals surface area contributed by atoms with Crippen molar-refractivity contribution in [3.8, 4) is 17.0 Å². The van der Waals surface area contributed by atoms with E-state index in [1.54, 1.807) is 18.2 Å². The predicted octanol–water partition coefficient (Wildman–Crippen LogP) is 5.04. The SMILES string of the molecule is COc1ccc(-c2ccc(Cl)nn2)c2cc(C(F)(F)F)sc12. The second-order valence-electron chi connectivity index (χ2n) is 4.41. The Kier molecular flexibility index (Phi) is 3.70. The number of hydrogen-bond donors (Lipinski definition) is 0. The maximum Gasteiger partial charge on any atom is 0.425 e. The third-order valence-corrected chi connectivity index (χ3v) is 4.45. The van der Waals surface area contributed by atoms with Crippen LogP contribution in [0.2, 0.25) is 5.15 Å². The van der Waals surface area contributed by atoms with Crippen molar-refractivity contribution in [2.24, 2.45) is 0 Å². The minimum Gasteiger partial charge on any atom is -0.495 e. The molecule has 0 radical (unpaired) electrons. The Bertz CT molecular complexity index is 830. The number of methoxy groups -OCH3 is 1. The summed E-state index contributed by atoms with van der Waals surface area (Å²) in [5.74, 6) is 0.390. The van der Waals surface area contributed by atoms with E-state index in [4.69, 9.17) is 16.3 Å². The molecule has 0 fully saturated rings. The first kappa shape index (κ1) is 15.1. The van der Waals surface area contributed by atoms with E-state index in [9.17, 15) is 13.2 Å². The quantitative estimate of drug-likeness (QED) is 0.653. The van der Waals surface area contributed by atoms with Crippen LogP contribution in [-0.2, 0) is 6.18 Å². The number of ether oxygens (including phenoxy) is 1. The van der Waals surface area contributed by atoms with Gasteiger partial charge in [-0.3, -0.25) is 0 Å². The lowest BCUT2D eigenvalue weighted by molar-refractivity contribution is -0.134. The smallest absolute Gasteiger partial charge is 0.425 e. The average Bonchev–Trinajstić information content (AvgIpc) is 2.92. The van der Waals surface area contributed by atoms with Crippen LogP contribution in [0, 0.1) is 0 Å². The summed E-state index contributed by atoms with van der Waals surface area (Å²) in [7, 11) is 1.42. The van der Waals surface area contributed by atoms with Gasteiger partial charge < -0.3 is 4.74 Å². The molecular weight excluding hydrogens is 337 g/mol. The third-order valence-electron chi connectivity index (χ3n) is 3.05. The molecule has 0 aliphatic heterocycles. The van der Waals surface area contributed by atoms with E-state index in [1.165, 1.54) is 13.2 Å². The first-order valence-corrected chi connectivity index (χ1v) is 7.27. The highest BCUT2D eigenvalue weighted by molar-refractivity contribution is 7.19. The highest BCUT2D eigenvalue weighted by atomic mass is 35.5. The second-order valence-corrected chi connectivity index (χ2v) is 5.85. The Morgan fingerprint density at radius 2 is 1.91 bits per heavy atom. The molecule has 114 valence electrons. The topological polar surface area (TPSA) is 35.0 Å². The predicted molar refractivity (Wildman–Crippen MR) is 79.4 cm³/mol. The van der Waals surface area contributed by atoms with E-state index in [0.717, 1.165) is 6.07 Å². The van der Waals surface area contributed by atoms with Crippen LogP contribution in [0.25, 0.3) is 21.3 Å². The van der Waals surface area contributed by atoms with Crippen molar-refractivity contribution >= 4 is 33.0 Å². The van der Waals surface area contributed by atoms with Crippen molar-refractivity contribution in [2.75, 3.05) is 7.11 Å². The highest BCUT2D eigenvalue weighted by Crippen LogP contribution is 2.44. The Morgan fingerprint density at radius 1 is 1.14 bits per heavy atom. The second kappa shape index (κ2) is 5.40. The standard InChI is InChI=1S/C14H8ClF3N2OS/c1-21-10-4-2-7(9-3-5-12(15)20-19-9)8-6-11(14(16,17)18)22-13(8)10/h2-6H,1H3. The molecule has 3 aromatic rings. The lowest BCUT2D eigenvalue weighted by Gasteiger charge is -2.06. The third kappa shape index (κ3) is 2.62. The van der Waals surface area contributed by atoms with Crippen LogP contribution in [0.5, 0.6) is 5.75 Å². The Hall–Kier alpha value is -1.86. The van der Waals surface area contributed by atoms with Crippen molar-refractivity contribution in [1.82, 2.24) is 10.2 Å². The fourth-order valence-corrected chi connectivity index (χ4v) is 3.23. The van der Waals surface area contributed by atoms with Gasteiger partial charge in [-0.25, -0.2) is 0 Å². The maximum absolute atomic E-state index is 13.0. The van der Waals surface area contributed by atoms with E-state index in [2.05, 4.69) is 10.2 Å². The molecule has 0 bridgehead atoms. The first-order chi connectivity index (χ1) is 10.4. The van der Waals surface area contributed by atoms with Gasteiger partial charge in [0, 0.05) is 10.9 Å². The highest BCUT2D eigenvalue weighted by Gasteiger charge is 2.33. The number of thiophene rings is 1. The molecule has 0 saturated carbocycles. The molecular formula is C14H8ClF3N2OS. The summed E-state index contributed by atoms with van der Waals surface area (Å²) in [6.45, 7) is 0. The fourth-order valence-electron chi connectivity index (χ4n) is 2.08. The summed E-state index contributed by atoms with van der Waals surface area (Å²) in [5.41, 5.74) is 0.996. The zero-order valence-electron chi connectivity index (χ0n) is 11.1. The Morgan fingerprint density at radius 3 is 2.50 bits per heavy atom. The Labute approximate surface area is 132 Å². The minimum absolute atomic E-state index is 0.217. The monoisotopic (exact) mass is 344 g/mol. The van der Waals surface area contributed by atoms with Gasteiger partial charge in [0.2, 0.25) is 0 Å². The summed E-state index contributed by atoms with van der Waals surface area (Å²) in [4.78, 5) is -0.685. The molecule has 8 heteroatoms. The van der Waals surface area contributed by atoms with E-state index in [0.29, 0.717) is 38.4 Å². The van der Waals surface area contributed by atoms with Crippen LogP contribution in [0.15, 0.2) is 30.3 Å². The first-order valence-electron chi connectivity index (χ1n) is 6.07. The number of rotatable bonds is 2. The van der Waals surface area contributed by atoms with Crippen molar-refractivity contribution < 1.29 is 17.9 Å². The van der Waals surface area contributed by atoms with Crippen molar-refractivity contribution in [2.45, 2.75) is 6.18 Å². The van der Waals surface area contributed by atoms with Crippen molar-refractivity contribution in [3.05, 3.63) is 40.4 Å². The molecule has 0 amide bonds. The van der Waals surface area contributed by atoms with Gasteiger partial charge in [0.15, 0.2) is 5.15 Å². The number of halogens is 4. The molecule has 0 unspecified atom stereocenters. The van der Waals surface area contributed by atoms with E-state index in [1.807, 2.05) is 0 Å². The summed E-state index contributed by atoms with van der Waals surface area (Å²) < 4.78 is 44.5. The van der Waals surface area contributed by atoms with Crippen LogP contribution in [0.4, 0.5) is 13.2 Å². The summed E-state index contributed by atoms with van der Waals surface area (Å²) in [5, 5.41) is 8.29. The average molecular weight is 345 g/mol. The minimum atomic E-state index is -4.41. The molecule has 1 aromatic carbocycles. The van der Waals surface area contributed by atoms with E-state index >= 15 is 0 Å². The zero-order chi connectivity index (χ0) is 15.9.